The van der Waals surface area contributed by atoms with E-state index in [9.17, 15) is 0 Å². The van der Waals surface area contributed by atoms with Crippen LogP contribution in [0.25, 0.3) is 0 Å². The molecule has 0 saturated carbocycles. The summed E-state index contributed by atoms with van der Waals surface area (Å²) in [5, 5.41) is 0. The van der Waals surface area contributed by atoms with Gasteiger partial charge in [-0.3, -0.25) is 0 Å². The molecule has 4 heteroatoms. The molecule has 3 nitrogen and oxygen atoms in total. The molecule has 0 amide bonds. The van der Waals surface area contributed by atoms with Gasteiger partial charge in [0, 0.05) is 19.1 Å². The zero-order chi connectivity index (χ0) is 11.4. The zero-order valence-corrected chi connectivity index (χ0v) is 11.1. The van der Waals surface area contributed by atoms with E-state index in [0.717, 1.165) is 38.2 Å². The van der Waals surface area contributed by atoms with Crippen LogP contribution in [0.4, 0.5) is 0 Å². The Morgan fingerprint density at radius 1 is 1.35 bits per heavy atom. The normalized spacial score (nSPS) is 20.0. The summed E-state index contributed by atoms with van der Waals surface area (Å²) in [6, 6.07) is 8.69. The predicted molar refractivity (Wildman–Crippen MR) is 73.0 cm³/mol. The molecule has 1 aliphatic rings. The highest BCUT2D eigenvalue weighted by atomic mass is 35.5. The fourth-order valence-corrected chi connectivity index (χ4v) is 2.15. The number of nitrogens with two attached hydrogens (primary N) is 1. The van der Waals surface area contributed by atoms with Gasteiger partial charge in [0.2, 0.25) is 0 Å². The first-order valence-corrected chi connectivity index (χ1v) is 5.89. The van der Waals surface area contributed by atoms with Crippen LogP contribution < -0.4 is 10.5 Å². The predicted octanol–water partition coefficient (Wildman–Crippen LogP) is 1.69. The van der Waals surface area contributed by atoms with E-state index < -0.39 is 0 Å². The van der Waals surface area contributed by atoms with Crippen LogP contribution in [0, 0.1) is 0 Å². The number of ether oxygens (including phenoxy) is 1. The van der Waals surface area contributed by atoms with E-state index >= 15 is 0 Å². The molecule has 2 N–H and O–H groups in total. The summed E-state index contributed by atoms with van der Waals surface area (Å²) in [6.45, 7) is 3.31. The van der Waals surface area contributed by atoms with Crippen LogP contribution in [0.3, 0.4) is 0 Å². The van der Waals surface area contributed by atoms with Crippen LogP contribution in [-0.2, 0) is 6.42 Å². The van der Waals surface area contributed by atoms with Gasteiger partial charge in [0.1, 0.15) is 5.75 Å². The fourth-order valence-electron chi connectivity index (χ4n) is 2.15. The number of halogens is 1. The fraction of sp³-hybridized carbons (Fsp3) is 0.538. The van der Waals surface area contributed by atoms with E-state index in [1.807, 2.05) is 12.1 Å². The number of hydrogen-bond acceptors (Lipinski definition) is 3. The lowest BCUT2D eigenvalue weighted by atomic mass is 10.1. The van der Waals surface area contributed by atoms with E-state index in [-0.39, 0.29) is 12.4 Å². The van der Waals surface area contributed by atoms with Crippen LogP contribution in [0.2, 0.25) is 0 Å². The second-order valence-electron chi connectivity index (χ2n) is 4.45. The van der Waals surface area contributed by atoms with Crippen molar-refractivity contribution >= 4 is 12.4 Å². The van der Waals surface area contributed by atoms with E-state index in [0.29, 0.717) is 6.04 Å². The van der Waals surface area contributed by atoms with Crippen LogP contribution in [-0.4, -0.2) is 37.7 Å². The SMILES string of the molecule is COc1ccc(CCN2CC[C@@H](N)C2)cc1.Cl. The summed E-state index contributed by atoms with van der Waals surface area (Å²) in [5.74, 6) is 0.923. The lowest BCUT2D eigenvalue weighted by Crippen LogP contribution is -2.28. The Bertz CT molecular complexity index is 329. The van der Waals surface area contributed by atoms with Crippen molar-refractivity contribution < 1.29 is 4.74 Å². The Kier molecular flexibility index (Phi) is 5.75. The van der Waals surface area contributed by atoms with Gasteiger partial charge in [0.25, 0.3) is 0 Å². The van der Waals surface area contributed by atoms with Crippen LogP contribution in [0.15, 0.2) is 24.3 Å². The average Bonchev–Trinajstić information content (AvgIpc) is 2.73. The molecule has 0 spiro atoms. The lowest BCUT2D eigenvalue weighted by molar-refractivity contribution is 0.339. The molecule has 0 aliphatic carbocycles. The minimum absolute atomic E-state index is 0. The molecule has 96 valence electrons. The second kappa shape index (κ2) is 6.84. The Morgan fingerprint density at radius 2 is 2.06 bits per heavy atom. The quantitative estimate of drug-likeness (QED) is 0.891. The number of hydrogen-bond donors (Lipinski definition) is 1. The first kappa shape index (κ1) is 14.3. The molecule has 1 aromatic rings. The van der Waals surface area contributed by atoms with Crippen molar-refractivity contribution in [2.24, 2.45) is 5.73 Å². The summed E-state index contributed by atoms with van der Waals surface area (Å²) in [5.41, 5.74) is 7.24. The summed E-state index contributed by atoms with van der Waals surface area (Å²) in [4.78, 5) is 2.44. The van der Waals surface area contributed by atoms with Crippen molar-refractivity contribution in [2.45, 2.75) is 18.9 Å². The van der Waals surface area contributed by atoms with Gasteiger partial charge in [-0.2, -0.15) is 0 Å². The van der Waals surface area contributed by atoms with Gasteiger partial charge < -0.3 is 15.4 Å². The highest BCUT2D eigenvalue weighted by molar-refractivity contribution is 5.85. The highest BCUT2D eigenvalue weighted by Crippen LogP contribution is 2.13. The second-order valence-corrected chi connectivity index (χ2v) is 4.45. The third kappa shape index (κ3) is 4.19. The molecule has 1 atom stereocenters. The molecule has 17 heavy (non-hydrogen) atoms. The van der Waals surface area contributed by atoms with Crippen LogP contribution in [0.1, 0.15) is 12.0 Å². The maximum atomic E-state index is 5.87. The van der Waals surface area contributed by atoms with Crippen molar-refractivity contribution in [1.29, 1.82) is 0 Å². The maximum absolute atomic E-state index is 5.87. The molecule has 1 aromatic carbocycles. The smallest absolute Gasteiger partial charge is 0.118 e. The Balaban J connectivity index is 0.00000144. The molecular formula is C13H21ClN2O. The van der Waals surface area contributed by atoms with Crippen LogP contribution in [0.5, 0.6) is 5.75 Å². The number of methoxy groups -OCH3 is 1. The van der Waals surface area contributed by atoms with Crippen molar-refractivity contribution in [3.05, 3.63) is 29.8 Å². The van der Waals surface area contributed by atoms with Crippen molar-refractivity contribution in [3.63, 3.8) is 0 Å². The first-order chi connectivity index (χ1) is 7.78. The monoisotopic (exact) mass is 256 g/mol. The van der Waals surface area contributed by atoms with E-state index in [4.69, 9.17) is 10.5 Å². The molecular weight excluding hydrogens is 236 g/mol. The first-order valence-electron chi connectivity index (χ1n) is 5.89. The van der Waals surface area contributed by atoms with Gasteiger partial charge in [0.15, 0.2) is 0 Å². The summed E-state index contributed by atoms with van der Waals surface area (Å²) in [6.07, 6.45) is 2.24. The molecule has 1 aliphatic heterocycles. The largest absolute Gasteiger partial charge is 0.497 e. The highest BCUT2D eigenvalue weighted by Gasteiger charge is 2.17. The summed E-state index contributed by atoms with van der Waals surface area (Å²) in [7, 11) is 1.70. The average molecular weight is 257 g/mol. The van der Waals surface area contributed by atoms with Gasteiger partial charge in [-0.1, -0.05) is 12.1 Å². The van der Waals surface area contributed by atoms with E-state index in [2.05, 4.69) is 17.0 Å². The van der Waals surface area contributed by atoms with Gasteiger partial charge in [-0.05, 0) is 37.1 Å². The summed E-state index contributed by atoms with van der Waals surface area (Å²) >= 11 is 0. The number of rotatable bonds is 4. The van der Waals surface area contributed by atoms with Crippen LogP contribution >= 0.6 is 12.4 Å². The molecule has 0 bridgehead atoms. The van der Waals surface area contributed by atoms with Crippen molar-refractivity contribution in [3.8, 4) is 5.75 Å². The molecule has 1 heterocycles. The third-order valence-corrected chi connectivity index (χ3v) is 3.18. The van der Waals surface area contributed by atoms with Gasteiger partial charge in [-0.25, -0.2) is 0 Å². The number of likely N-dealkylation sites (tertiary alicyclic amines) is 1. The topological polar surface area (TPSA) is 38.5 Å². The number of nitrogens with zero attached hydrogens (tertiary/aromatic N) is 1. The number of benzene rings is 1. The standard InChI is InChI=1S/C13H20N2O.ClH/c1-16-13-4-2-11(3-5-13)6-8-15-9-7-12(14)10-15;/h2-5,12H,6-10,14H2,1H3;1H/t12-;/m1./s1. The minimum atomic E-state index is 0. The van der Waals surface area contributed by atoms with Gasteiger partial charge >= 0.3 is 0 Å². The van der Waals surface area contributed by atoms with Gasteiger partial charge in [-0.15, -0.1) is 12.4 Å². The van der Waals surface area contributed by atoms with E-state index in [1.54, 1.807) is 7.11 Å². The molecule has 0 radical (unpaired) electrons. The third-order valence-electron chi connectivity index (χ3n) is 3.18. The molecule has 1 saturated heterocycles. The van der Waals surface area contributed by atoms with Crippen molar-refractivity contribution in [2.75, 3.05) is 26.7 Å². The Morgan fingerprint density at radius 3 is 2.59 bits per heavy atom. The summed E-state index contributed by atoms with van der Waals surface area (Å²) < 4.78 is 5.13. The Labute approximate surface area is 109 Å². The van der Waals surface area contributed by atoms with E-state index in [1.165, 1.54) is 5.56 Å². The minimum Gasteiger partial charge on any atom is -0.497 e. The maximum Gasteiger partial charge on any atom is 0.118 e. The van der Waals surface area contributed by atoms with Gasteiger partial charge in [0.05, 0.1) is 7.11 Å². The van der Waals surface area contributed by atoms with Crippen molar-refractivity contribution in [1.82, 2.24) is 4.90 Å². The molecule has 0 aromatic heterocycles. The zero-order valence-electron chi connectivity index (χ0n) is 10.3. The molecule has 0 unspecified atom stereocenters. The Hall–Kier alpha value is -0.770. The molecule has 2 rings (SSSR count). The molecule has 1 fully saturated rings. The lowest BCUT2D eigenvalue weighted by Gasteiger charge is -2.14.